The van der Waals surface area contributed by atoms with Crippen molar-refractivity contribution in [3.8, 4) is 0 Å². The molecule has 1 N–H and O–H groups in total. The van der Waals surface area contributed by atoms with E-state index in [0.717, 1.165) is 26.2 Å². The van der Waals surface area contributed by atoms with Crippen LogP contribution in [0.25, 0.3) is 0 Å². The normalized spacial score (nSPS) is 11.5. The molecule has 0 saturated heterocycles. The molecule has 0 aromatic heterocycles. The third kappa shape index (κ3) is 6.22. The van der Waals surface area contributed by atoms with Gasteiger partial charge in [0.1, 0.15) is 0 Å². The van der Waals surface area contributed by atoms with Gasteiger partial charge in [0.2, 0.25) is 0 Å². The van der Waals surface area contributed by atoms with Gasteiger partial charge in [-0.05, 0) is 43.1 Å². The Hall–Kier alpha value is -0.860. The Morgan fingerprint density at radius 2 is 1.79 bits per heavy atom. The fourth-order valence-corrected chi connectivity index (χ4v) is 2.29. The highest BCUT2D eigenvalue weighted by molar-refractivity contribution is 5.27. The molecule has 19 heavy (non-hydrogen) atoms. The molecule has 0 radical (unpaired) electrons. The van der Waals surface area contributed by atoms with E-state index >= 15 is 0 Å². The summed E-state index contributed by atoms with van der Waals surface area (Å²) in [6.45, 7) is 14.4. The Bertz CT molecular complexity index is 347. The van der Waals surface area contributed by atoms with Crippen molar-refractivity contribution in [3.05, 3.63) is 35.4 Å². The zero-order valence-electron chi connectivity index (χ0n) is 13.1. The minimum atomic E-state index is 0.708. The molecule has 0 aliphatic carbocycles. The fourth-order valence-electron chi connectivity index (χ4n) is 2.29. The maximum atomic E-state index is 3.55. The van der Waals surface area contributed by atoms with Crippen molar-refractivity contribution in [3.63, 3.8) is 0 Å². The molecule has 0 unspecified atom stereocenters. The number of benzene rings is 1. The predicted molar refractivity (Wildman–Crippen MR) is 84.2 cm³/mol. The topological polar surface area (TPSA) is 15.3 Å². The highest BCUT2D eigenvalue weighted by atomic mass is 15.1. The Kier molecular flexibility index (Phi) is 7.76. The van der Waals surface area contributed by atoms with E-state index in [0.29, 0.717) is 5.92 Å². The molecule has 1 aromatic rings. The van der Waals surface area contributed by atoms with Gasteiger partial charge < -0.3 is 5.32 Å². The molecule has 2 nitrogen and oxygen atoms in total. The van der Waals surface area contributed by atoms with E-state index in [-0.39, 0.29) is 0 Å². The SMILES string of the molecule is CCCN(CC)Cc1ccccc1CNCC(C)C. The summed E-state index contributed by atoms with van der Waals surface area (Å²) in [4.78, 5) is 2.52. The molecular weight excluding hydrogens is 232 g/mol. The Labute approximate surface area is 119 Å². The molecule has 0 aliphatic rings. The van der Waals surface area contributed by atoms with Crippen LogP contribution in [0.2, 0.25) is 0 Å². The van der Waals surface area contributed by atoms with Gasteiger partial charge in [-0.15, -0.1) is 0 Å². The molecule has 1 aromatic carbocycles. The van der Waals surface area contributed by atoms with Crippen molar-refractivity contribution >= 4 is 0 Å². The minimum Gasteiger partial charge on any atom is -0.312 e. The molecule has 1 rings (SSSR count). The molecule has 0 aliphatic heterocycles. The summed E-state index contributed by atoms with van der Waals surface area (Å²) in [5.74, 6) is 0.708. The largest absolute Gasteiger partial charge is 0.312 e. The third-order valence-electron chi connectivity index (χ3n) is 3.37. The van der Waals surface area contributed by atoms with Crippen molar-refractivity contribution < 1.29 is 0 Å². The first-order valence-electron chi connectivity index (χ1n) is 7.67. The number of nitrogens with one attached hydrogen (secondary N) is 1. The van der Waals surface area contributed by atoms with Crippen molar-refractivity contribution in [2.24, 2.45) is 5.92 Å². The lowest BCUT2D eigenvalue weighted by molar-refractivity contribution is 0.279. The summed E-state index contributed by atoms with van der Waals surface area (Å²) < 4.78 is 0. The van der Waals surface area contributed by atoms with Gasteiger partial charge in [0.15, 0.2) is 0 Å². The number of rotatable bonds is 9. The van der Waals surface area contributed by atoms with Gasteiger partial charge in [0.25, 0.3) is 0 Å². The average molecular weight is 262 g/mol. The molecule has 0 fully saturated rings. The third-order valence-corrected chi connectivity index (χ3v) is 3.37. The lowest BCUT2D eigenvalue weighted by atomic mass is 10.1. The minimum absolute atomic E-state index is 0.708. The van der Waals surface area contributed by atoms with Crippen molar-refractivity contribution in [2.45, 2.75) is 47.2 Å². The molecule has 108 valence electrons. The van der Waals surface area contributed by atoms with Crippen LogP contribution in [0.1, 0.15) is 45.2 Å². The Balaban J connectivity index is 2.61. The summed E-state index contributed by atoms with van der Waals surface area (Å²) in [5, 5.41) is 3.55. The van der Waals surface area contributed by atoms with Crippen LogP contribution in [0.4, 0.5) is 0 Å². The van der Waals surface area contributed by atoms with E-state index in [1.54, 1.807) is 0 Å². The average Bonchev–Trinajstić information content (AvgIpc) is 2.39. The second kappa shape index (κ2) is 9.11. The zero-order valence-corrected chi connectivity index (χ0v) is 13.1. The number of hydrogen-bond acceptors (Lipinski definition) is 2. The summed E-state index contributed by atoms with van der Waals surface area (Å²) >= 11 is 0. The number of hydrogen-bond donors (Lipinski definition) is 1. The van der Waals surface area contributed by atoms with Crippen LogP contribution in [-0.2, 0) is 13.1 Å². The van der Waals surface area contributed by atoms with Gasteiger partial charge in [-0.2, -0.15) is 0 Å². The van der Waals surface area contributed by atoms with Gasteiger partial charge in [0, 0.05) is 13.1 Å². The van der Waals surface area contributed by atoms with Crippen LogP contribution < -0.4 is 5.32 Å². The van der Waals surface area contributed by atoms with E-state index in [9.17, 15) is 0 Å². The Morgan fingerprint density at radius 3 is 2.37 bits per heavy atom. The first kappa shape index (κ1) is 16.2. The van der Waals surface area contributed by atoms with E-state index in [1.165, 1.54) is 24.1 Å². The first-order valence-corrected chi connectivity index (χ1v) is 7.67. The highest BCUT2D eigenvalue weighted by Crippen LogP contribution is 2.12. The second-order valence-corrected chi connectivity index (χ2v) is 5.66. The van der Waals surface area contributed by atoms with Crippen LogP contribution in [-0.4, -0.2) is 24.5 Å². The maximum Gasteiger partial charge on any atom is 0.0236 e. The summed E-state index contributed by atoms with van der Waals surface area (Å²) in [5.41, 5.74) is 2.91. The molecule has 0 amide bonds. The first-order chi connectivity index (χ1) is 9.17. The van der Waals surface area contributed by atoms with Crippen LogP contribution in [0.5, 0.6) is 0 Å². The smallest absolute Gasteiger partial charge is 0.0236 e. The van der Waals surface area contributed by atoms with Gasteiger partial charge in [-0.1, -0.05) is 52.0 Å². The monoisotopic (exact) mass is 262 g/mol. The summed E-state index contributed by atoms with van der Waals surface area (Å²) in [6, 6.07) is 8.82. The van der Waals surface area contributed by atoms with Crippen LogP contribution in [0.15, 0.2) is 24.3 Å². The van der Waals surface area contributed by atoms with E-state index in [4.69, 9.17) is 0 Å². The van der Waals surface area contributed by atoms with Crippen molar-refractivity contribution in [1.82, 2.24) is 10.2 Å². The standard InChI is InChI=1S/C17H30N2/c1-5-11-19(6-2)14-17-10-8-7-9-16(17)13-18-12-15(3)4/h7-10,15,18H,5-6,11-14H2,1-4H3. The quantitative estimate of drug-likeness (QED) is 0.730. The molecule has 2 heteroatoms. The number of nitrogens with zero attached hydrogens (tertiary/aromatic N) is 1. The van der Waals surface area contributed by atoms with E-state index < -0.39 is 0 Å². The molecule has 0 atom stereocenters. The van der Waals surface area contributed by atoms with E-state index in [1.807, 2.05) is 0 Å². The lowest BCUT2D eigenvalue weighted by Gasteiger charge is -2.21. The van der Waals surface area contributed by atoms with Gasteiger partial charge in [-0.3, -0.25) is 4.90 Å². The van der Waals surface area contributed by atoms with Gasteiger partial charge in [0.05, 0.1) is 0 Å². The zero-order chi connectivity index (χ0) is 14.1. The Morgan fingerprint density at radius 1 is 1.11 bits per heavy atom. The van der Waals surface area contributed by atoms with Crippen LogP contribution in [0, 0.1) is 5.92 Å². The summed E-state index contributed by atoms with van der Waals surface area (Å²) in [6.07, 6.45) is 1.22. The van der Waals surface area contributed by atoms with Crippen LogP contribution >= 0.6 is 0 Å². The predicted octanol–water partition coefficient (Wildman–Crippen LogP) is 3.66. The van der Waals surface area contributed by atoms with E-state index in [2.05, 4.69) is 62.2 Å². The molecule has 0 bridgehead atoms. The summed E-state index contributed by atoms with van der Waals surface area (Å²) in [7, 11) is 0. The molecular formula is C17H30N2. The van der Waals surface area contributed by atoms with Crippen molar-refractivity contribution in [2.75, 3.05) is 19.6 Å². The van der Waals surface area contributed by atoms with Gasteiger partial charge in [-0.25, -0.2) is 0 Å². The highest BCUT2D eigenvalue weighted by Gasteiger charge is 2.06. The maximum absolute atomic E-state index is 3.55. The second-order valence-electron chi connectivity index (χ2n) is 5.66. The fraction of sp³-hybridized carbons (Fsp3) is 0.647. The molecule has 0 heterocycles. The lowest BCUT2D eigenvalue weighted by Crippen LogP contribution is -2.25. The van der Waals surface area contributed by atoms with Crippen molar-refractivity contribution in [1.29, 1.82) is 0 Å². The molecule has 0 spiro atoms. The van der Waals surface area contributed by atoms with Crippen LogP contribution in [0.3, 0.4) is 0 Å². The van der Waals surface area contributed by atoms with Gasteiger partial charge >= 0.3 is 0 Å². The molecule has 0 saturated carbocycles.